The number of hydrogen-bond donors (Lipinski definition) is 2. The molecule has 2 rings (SSSR count). The number of halogens is 1. The maximum Gasteiger partial charge on any atom is 0.256 e. The molecule has 1 aromatic carbocycles. The molecule has 0 spiro atoms. The molecule has 92 valence electrons. The van der Waals surface area contributed by atoms with E-state index in [2.05, 4.69) is 26.2 Å². The summed E-state index contributed by atoms with van der Waals surface area (Å²) >= 11 is 3.29. The Morgan fingerprint density at radius 2 is 2.11 bits per heavy atom. The van der Waals surface area contributed by atoms with Gasteiger partial charge in [0.2, 0.25) is 0 Å². The molecular formula is C13H12BrN3O. The third kappa shape index (κ3) is 2.87. The number of nitrogens with zero attached hydrogens (tertiary/aromatic N) is 1. The van der Waals surface area contributed by atoms with Crippen molar-refractivity contribution < 1.29 is 4.79 Å². The fraction of sp³-hybridized carbons (Fsp3) is 0.0769. The van der Waals surface area contributed by atoms with Gasteiger partial charge in [-0.2, -0.15) is 0 Å². The first-order valence-electron chi connectivity index (χ1n) is 5.35. The van der Waals surface area contributed by atoms with Crippen molar-refractivity contribution in [2.45, 2.75) is 6.92 Å². The fourth-order valence-corrected chi connectivity index (χ4v) is 1.72. The summed E-state index contributed by atoms with van der Waals surface area (Å²) in [6.45, 7) is 1.94. The number of nitrogens with one attached hydrogen (secondary N) is 1. The number of rotatable bonds is 2. The molecule has 0 saturated heterocycles. The average molecular weight is 306 g/mol. The molecule has 0 radical (unpaired) electrons. The van der Waals surface area contributed by atoms with Crippen LogP contribution in [-0.2, 0) is 0 Å². The Hall–Kier alpha value is -1.88. The van der Waals surface area contributed by atoms with Gasteiger partial charge >= 0.3 is 0 Å². The van der Waals surface area contributed by atoms with E-state index in [4.69, 9.17) is 5.73 Å². The quantitative estimate of drug-likeness (QED) is 0.838. The molecule has 2 aromatic rings. The van der Waals surface area contributed by atoms with E-state index >= 15 is 0 Å². The van der Waals surface area contributed by atoms with E-state index in [9.17, 15) is 4.79 Å². The predicted octanol–water partition coefficient (Wildman–Crippen LogP) is 2.99. The Balaban J connectivity index is 2.19. The van der Waals surface area contributed by atoms with Gasteiger partial charge in [-0.25, -0.2) is 4.98 Å². The number of aromatic nitrogens is 1. The molecule has 4 nitrogen and oxygen atoms in total. The number of pyridine rings is 1. The minimum absolute atomic E-state index is 0.229. The minimum Gasteiger partial charge on any atom is -0.398 e. The van der Waals surface area contributed by atoms with Gasteiger partial charge in [0, 0.05) is 21.9 Å². The lowest BCUT2D eigenvalue weighted by Crippen LogP contribution is -2.13. The van der Waals surface area contributed by atoms with Crippen molar-refractivity contribution >= 4 is 33.3 Å². The predicted molar refractivity (Wildman–Crippen MR) is 75.5 cm³/mol. The van der Waals surface area contributed by atoms with E-state index < -0.39 is 0 Å². The number of nitrogen functional groups attached to an aromatic ring is 1. The highest BCUT2D eigenvalue weighted by atomic mass is 79.9. The van der Waals surface area contributed by atoms with Gasteiger partial charge in [-0.1, -0.05) is 0 Å². The summed E-state index contributed by atoms with van der Waals surface area (Å²) in [5, 5.41) is 2.72. The molecule has 1 aromatic heterocycles. The van der Waals surface area contributed by atoms with Crippen molar-refractivity contribution in [1.29, 1.82) is 0 Å². The van der Waals surface area contributed by atoms with Crippen molar-refractivity contribution in [3.8, 4) is 0 Å². The van der Waals surface area contributed by atoms with Crippen LogP contribution in [0, 0.1) is 6.92 Å². The summed E-state index contributed by atoms with van der Waals surface area (Å²) in [6.07, 6.45) is 1.65. The second-order valence-electron chi connectivity index (χ2n) is 3.91. The SMILES string of the molecule is Cc1ccnc(NC(=O)c2ccc(Br)c(N)c2)c1. The van der Waals surface area contributed by atoms with Crippen LogP contribution in [0.3, 0.4) is 0 Å². The molecule has 0 saturated carbocycles. The van der Waals surface area contributed by atoms with E-state index in [1.165, 1.54) is 0 Å². The van der Waals surface area contributed by atoms with Gasteiger partial charge in [0.25, 0.3) is 5.91 Å². The number of nitrogens with two attached hydrogens (primary N) is 1. The van der Waals surface area contributed by atoms with E-state index in [0.29, 0.717) is 17.1 Å². The van der Waals surface area contributed by atoms with Crippen LogP contribution in [0.1, 0.15) is 15.9 Å². The molecule has 0 bridgehead atoms. The smallest absolute Gasteiger partial charge is 0.256 e. The highest BCUT2D eigenvalue weighted by Gasteiger charge is 2.08. The zero-order chi connectivity index (χ0) is 13.1. The number of carbonyl (C=O) groups excluding carboxylic acids is 1. The van der Waals surface area contributed by atoms with Crippen LogP contribution in [0.15, 0.2) is 41.0 Å². The number of anilines is 2. The van der Waals surface area contributed by atoms with Crippen molar-refractivity contribution in [1.82, 2.24) is 4.98 Å². The summed E-state index contributed by atoms with van der Waals surface area (Å²) in [5.74, 6) is 0.300. The number of aryl methyl sites for hydroxylation is 1. The Morgan fingerprint density at radius 1 is 1.33 bits per heavy atom. The van der Waals surface area contributed by atoms with Gasteiger partial charge in [0.15, 0.2) is 0 Å². The molecule has 1 amide bonds. The molecule has 0 fully saturated rings. The maximum absolute atomic E-state index is 12.0. The van der Waals surface area contributed by atoms with Crippen molar-refractivity contribution in [3.63, 3.8) is 0 Å². The summed E-state index contributed by atoms with van der Waals surface area (Å²) < 4.78 is 0.771. The third-order valence-corrected chi connectivity index (χ3v) is 3.14. The van der Waals surface area contributed by atoms with Gasteiger partial charge in [0.1, 0.15) is 5.82 Å². The third-order valence-electron chi connectivity index (χ3n) is 2.42. The molecule has 1 heterocycles. The first-order chi connectivity index (χ1) is 8.56. The summed E-state index contributed by atoms with van der Waals surface area (Å²) in [6, 6.07) is 8.74. The molecule has 5 heteroatoms. The van der Waals surface area contributed by atoms with Crippen LogP contribution in [0.5, 0.6) is 0 Å². The topological polar surface area (TPSA) is 68.0 Å². The van der Waals surface area contributed by atoms with Crippen LogP contribution < -0.4 is 11.1 Å². The molecule has 0 aliphatic rings. The fourth-order valence-electron chi connectivity index (χ4n) is 1.48. The van der Waals surface area contributed by atoms with Crippen LogP contribution >= 0.6 is 15.9 Å². The Bertz CT molecular complexity index is 599. The lowest BCUT2D eigenvalue weighted by atomic mass is 10.2. The number of amides is 1. The van der Waals surface area contributed by atoms with Crippen LogP contribution in [0.25, 0.3) is 0 Å². The Morgan fingerprint density at radius 3 is 2.78 bits per heavy atom. The molecular weight excluding hydrogens is 294 g/mol. The summed E-state index contributed by atoms with van der Waals surface area (Å²) in [5.41, 5.74) is 7.80. The molecule has 3 N–H and O–H groups in total. The van der Waals surface area contributed by atoms with Gasteiger partial charge in [-0.15, -0.1) is 0 Å². The number of hydrogen-bond acceptors (Lipinski definition) is 3. The zero-order valence-electron chi connectivity index (χ0n) is 9.77. The number of benzene rings is 1. The van der Waals surface area contributed by atoms with Gasteiger partial charge in [-0.3, -0.25) is 4.79 Å². The molecule has 0 aliphatic carbocycles. The minimum atomic E-state index is -0.229. The highest BCUT2D eigenvalue weighted by molar-refractivity contribution is 9.10. The lowest BCUT2D eigenvalue weighted by Gasteiger charge is -2.06. The molecule has 0 atom stereocenters. The van der Waals surface area contributed by atoms with Crippen LogP contribution in [0.4, 0.5) is 11.5 Å². The van der Waals surface area contributed by atoms with Crippen LogP contribution in [-0.4, -0.2) is 10.9 Å². The first-order valence-corrected chi connectivity index (χ1v) is 6.14. The molecule has 0 unspecified atom stereocenters. The Labute approximate surface area is 113 Å². The normalized spacial score (nSPS) is 10.1. The molecule has 18 heavy (non-hydrogen) atoms. The van der Waals surface area contributed by atoms with E-state index in [0.717, 1.165) is 10.0 Å². The highest BCUT2D eigenvalue weighted by Crippen LogP contribution is 2.20. The second-order valence-corrected chi connectivity index (χ2v) is 4.76. The van der Waals surface area contributed by atoms with E-state index in [1.807, 2.05) is 13.0 Å². The monoisotopic (exact) mass is 305 g/mol. The molecule has 0 aliphatic heterocycles. The largest absolute Gasteiger partial charge is 0.398 e. The standard InChI is InChI=1S/C13H12BrN3O/c1-8-4-5-16-12(6-8)17-13(18)9-2-3-10(14)11(15)7-9/h2-7H,15H2,1H3,(H,16,17,18). The van der Waals surface area contributed by atoms with Crippen LogP contribution in [0.2, 0.25) is 0 Å². The maximum atomic E-state index is 12.0. The second kappa shape index (κ2) is 5.18. The van der Waals surface area contributed by atoms with Gasteiger partial charge < -0.3 is 11.1 Å². The van der Waals surface area contributed by atoms with Crippen molar-refractivity contribution in [3.05, 3.63) is 52.1 Å². The van der Waals surface area contributed by atoms with Gasteiger partial charge in [-0.05, 0) is 58.7 Å². The summed E-state index contributed by atoms with van der Waals surface area (Å²) in [4.78, 5) is 16.0. The Kier molecular flexibility index (Phi) is 3.62. The first kappa shape index (κ1) is 12.6. The van der Waals surface area contributed by atoms with E-state index in [1.54, 1.807) is 30.5 Å². The van der Waals surface area contributed by atoms with Gasteiger partial charge in [0.05, 0.1) is 0 Å². The zero-order valence-corrected chi connectivity index (χ0v) is 11.4. The lowest BCUT2D eigenvalue weighted by molar-refractivity contribution is 0.102. The van der Waals surface area contributed by atoms with Crippen molar-refractivity contribution in [2.24, 2.45) is 0 Å². The van der Waals surface area contributed by atoms with Crippen molar-refractivity contribution in [2.75, 3.05) is 11.1 Å². The summed E-state index contributed by atoms with van der Waals surface area (Å²) in [7, 11) is 0. The number of carbonyl (C=O) groups is 1. The average Bonchev–Trinajstić information content (AvgIpc) is 2.32. The van der Waals surface area contributed by atoms with E-state index in [-0.39, 0.29) is 5.91 Å².